The summed E-state index contributed by atoms with van der Waals surface area (Å²) in [5.74, 6) is 0.616. The number of nitrogens with one attached hydrogen (secondary N) is 1. The highest BCUT2D eigenvalue weighted by molar-refractivity contribution is 5.96. The van der Waals surface area contributed by atoms with Gasteiger partial charge in [0.1, 0.15) is 5.75 Å². The van der Waals surface area contributed by atoms with Gasteiger partial charge in [0.05, 0.1) is 18.2 Å². The number of primary amides is 1. The van der Waals surface area contributed by atoms with Crippen molar-refractivity contribution in [2.45, 2.75) is 38.8 Å². The van der Waals surface area contributed by atoms with Gasteiger partial charge in [0.2, 0.25) is 11.7 Å². The molecule has 0 fully saturated rings. The molecule has 0 saturated heterocycles. The maximum Gasteiger partial charge on any atom is 0.258 e. The van der Waals surface area contributed by atoms with Crippen molar-refractivity contribution in [2.24, 2.45) is 5.73 Å². The maximum absolute atomic E-state index is 12.0. The maximum atomic E-state index is 12.0. The molecule has 2 aromatic carbocycles. The van der Waals surface area contributed by atoms with Crippen LogP contribution in [0.5, 0.6) is 5.75 Å². The van der Waals surface area contributed by atoms with Crippen molar-refractivity contribution >= 4 is 11.8 Å². The number of hydrogen-bond acceptors (Lipinski definition) is 7. The van der Waals surface area contributed by atoms with Crippen LogP contribution in [0, 0.1) is 0 Å². The molecule has 9 heteroatoms. The van der Waals surface area contributed by atoms with E-state index in [1.165, 1.54) is 0 Å². The molecular formula is C25H29N5O4. The molecule has 1 aliphatic carbocycles. The summed E-state index contributed by atoms with van der Waals surface area (Å²) in [5.41, 5.74) is 9.57. The molecule has 0 bridgehead atoms. The summed E-state index contributed by atoms with van der Waals surface area (Å²) in [7, 11) is 3.49. The molecule has 4 rings (SSSR count). The van der Waals surface area contributed by atoms with E-state index >= 15 is 0 Å². The number of benzene rings is 2. The van der Waals surface area contributed by atoms with E-state index in [4.69, 9.17) is 15.0 Å². The Bertz CT molecular complexity index is 1220. The van der Waals surface area contributed by atoms with Crippen LogP contribution in [-0.2, 0) is 11.2 Å². The van der Waals surface area contributed by atoms with Crippen LogP contribution in [-0.4, -0.2) is 53.6 Å². The summed E-state index contributed by atoms with van der Waals surface area (Å²) >= 11 is 0. The second kappa shape index (κ2) is 9.64. The fraction of sp³-hybridized carbons (Fsp3) is 0.360. The second-order valence-corrected chi connectivity index (χ2v) is 8.80. The molecule has 1 atom stereocenters. The van der Waals surface area contributed by atoms with E-state index in [2.05, 4.69) is 21.5 Å². The van der Waals surface area contributed by atoms with Crippen LogP contribution in [0.1, 0.15) is 47.8 Å². The predicted octanol–water partition coefficient (Wildman–Crippen LogP) is 2.95. The molecule has 34 heavy (non-hydrogen) atoms. The van der Waals surface area contributed by atoms with E-state index in [1.807, 2.05) is 26.0 Å². The van der Waals surface area contributed by atoms with Gasteiger partial charge < -0.3 is 25.2 Å². The average molecular weight is 464 g/mol. The third-order valence-corrected chi connectivity index (χ3v) is 5.79. The quantitative estimate of drug-likeness (QED) is 0.526. The molecular weight excluding hydrogens is 434 g/mol. The van der Waals surface area contributed by atoms with Gasteiger partial charge in [0.15, 0.2) is 0 Å². The van der Waals surface area contributed by atoms with E-state index in [0.29, 0.717) is 17.1 Å². The molecule has 0 spiro atoms. The molecule has 0 unspecified atom stereocenters. The minimum atomic E-state index is -0.593. The van der Waals surface area contributed by atoms with Crippen molar-refractivity contribution in [1.82, 2.24) is 20.4 Å². The van der Waals surface area contributed by atoms with Crippen molar-refractivity contribution in [3.63, 3.8) is 0 Å². The molecule has 178 valence electrons. The van der Waals surface area contributed by atoms with Crippen molar-refractivity contribution in [1.29, 1.82) is 0 Å². The third-order valence-electron chi connectivity index (χ3n) is 5.79. The number of amides is 2. The van der Waals surface area contributed by atoms with Crippen LogP contribution < -0.4 is 15.8 Å². The molecule has 3 aromatic rings. The van der Waals surface area contributed by atoms with Crippen molar-refractivity contribution in [3.8, 4) is 28.6 Å². The number of hydrogen-bond donors (Lipinski definition) is 2. The summed E-state index contributed by atoms with van der Waals surface area (Å²) in [4.78, 5) is 30.1. The highest BCUT2D eigenvalue weighted by Gasteiger charge is 2.27. The zero-order valence-electron chi connectivity index (χ0n) is 19.8. The minimum Gasteiger partial charge on any atom is -0.490 e. The van der Waals surface area contributed by atoms with Gasteiger partial charge in [-0.3, -0.25) is 9.59 Å². The predicted molar refractivity (Wildman–Crippen MR) is 127 cm³/mol. The Morgan fingerprint density at radius 2 is 2.06 bits per heavy atom. The average Bonchev–Trinajstić information content (AvgIpc) is 3.44. The smallest absolute Gasteiger partial charge is 0.258 e. The number of likely N-dealkylation sites (N-methyl/N-ethyl adjacent to an activating group) is 1. The van der Waals surface area contributed by atoms with Gasteiger partial charge in [-0.15, -0.1) is 0 Å². The fourth-order valence-electron chi connectivity index (χ4n) is 4.11. The zero-order valence-corrected chi connectivity index (χ0v) is 19.8. The number of rotatable bonds is 8. The molecule has 3 N–H and O–H groups in total. The third kappa shape index (κ3) is 4.79. The molecule has 0 saturated carbocycles. The molecule has 1 aromatic heterocycles. The van der Waals surface area contributed by atoms with Crippen LogP contribution in [0.25, 0.3) is 22.8 Å². The van der Waals surface area contributed by atoms with E-state index in [-0.39, 0.29) is 36.1 Å². The standard InChI is InChI=1S/C25H29N5O4/c1-14(2)33-21-11-8-15(12-19(21)23(26)32)25-28-24(29-34-25)18-7-5-6-17-16(18)9-10-20(17)27-13-22(31)30(3)4/h5-8,11-12,14,20,27H,9-10,13H2,1-4H3,(H2,26,32)/t20-/m0/s1. The Balaban J connectivity index is 1.60. The van der Waals surface area contributed by atoms with Gasteiger partial charge in [0.25, 0.3) is 11.8 Å². The lowest BCUT2D eigenvalue weighted by molar-refractivity contribution is -0.127. The minimum absolute atomic E-state index is 0.0348. The zero-order chi connectivity index (χ0) is 24.4. The molecule has 1 heterocycles. The van der Waals surface area contributed by atoms with Crippen molar-refractivity contribution < 1.29 is 18.8 Å². The van der Waals surface area contributed by atoms with E-state index in [1.54, 1.807) is 37.2 Å². The van der Waals surface area contributed by atoms with E-state index in [9.17, 15) is 9.59 Å². The Labute approximate surface area is 198 Å². The topological polar surface area (TPSA) is 124 Å². The molecule has 9 nitrogen and oxygen atoms in total. The Hall–Kier alpha value is -3.72. The first-order valence-electron chi connectivity index (χ1n) is 11.2. The van der Waals surface area contributed by atoms with E-state index in [0.717, 1.165) is 29.5 Å². The fourth-order valence-corrected chi connectivity index (χ4v) is 4.11. The number of nitrogens with two attached hydrogens (primary N) is 1. The molecule has 0 aliphatic heterocycles. The lowest BCUT2D eigenvalue weighted by Crippen LogP contribution is -2.34. The van der Waals surface area contributed by atoms with Crippen LogP contribution >= 0.6 is 0 Å². The van der Waals surface area contributed by atoms with Gasteiger partial charge in [0, 0.05) is 31.3 Å². The highest BCUT2D eigenvalue weighted by Crippen LogP contribution is 2.37. The van der Waals surface area contributed by atoms with Gasteiger partial charge in [-0.1, -0.05) is 23.4 Å². The number of carbonyl (C=O) groups is 2. The normalized spacial score (nSPS) is 14.8. The van der Waals surface area contributed by atoms with E-state index < -0.39 is 5.91 Å². The van der Waals surface area contributed by atoms with Gasteiger partial charge in [-0.25, -0.2) is 0 Å². The number of ether oxygens (including phenoxy) is 1. The number of aromatic nitrogens is 2. The summed E-state index contributed by atoms with van der Waals surface area (Å²) < 4.78 is 11.2. The summed E-state index contributed by atoms with van der Waals surface area (Å²) in [6.45, 7) is 4.04. The lowest BCUT2D eigenvalue weighted by atomic mass is 10.0. The first kappa shape index (κ1) is 23.4. The van der Waals surface area contributed by atoms with Gasteiger partial charge >= 0.3 is 0 Å². The highest BCUT2D eigenvalue weighted by atomic mass is 16.5. The second-order valence-electron chi connectivity index (χ2n) is 8.80. The SMILES string of the molecule is CC(C)Oc1ccc(-c2nc(-c3cccc4c3CC[C@@H]4NCC(=O)N(C)C)no2)cc1C(N)=O. The van der Waals surface area contributed by atoms with Gasteiger partial charge in [-0.05, 0) is 56.0 Å². The van der Waals surface area contributed by atoms with Crippen LogP contribution in [0.3, 0.4) is 0 Å². The monoisotopic (exact) mass is 463 g/mol. The number of fused-ring (bicyclic) bond motifs is 1. The van der Waals surface area contributed by atoms with Crippen molar-refractivity contribution in [3.05, 3.63) is 53.1 Å². The van der Waals surface area contributed by atoms with Gasteiger partial charge in [-0.2, -0.15) is 4.98 Å². The van der Waals surface area contributed by atoms with Crippen molar-refractivity contribution in [2.75, 3.05) is 20.6 Å². The summed E-state index contributed by atoms with van der Waals surface area (Å²) in [5, 5.41) is 7.55. The van der Waals surface area contributed by atoms with Crippen LogP contribution in [0.15, 0.2) is 40.9 Å². The van der Waals surface area contributed by atoms with Crippen LogP contribution in [0.2, 0.25) is 0 Å². The molecule has 1 aliphatic rings. The Morgan fingerprint density at radius 3 is 2.76 bits per heavy atom. The summed E-state index contributed by atoms with van der Waals surface area (Å²) in [6, 6.07) is 11.1. The molecule has 0 radical (unpaired) electrons. The number of nitrogens with zero attached hydrogens (tertiary/aromatic N) is 3. The first-order chi connectivity index (χ1) is 16.2. The Kier molecular flexibility index (Phi) is 6.65. The van der Waals surface area contributed by atoms with Crippen LogP contribution in [0.4, 0.5) is 0 Å². The largest absolute Gasteiger partial charge is 0.490 e. The number of carbonyl (C=O) groups excluding carboxylic acids is 2. The first-order valence-corrected chi connectivity index (χ1v) is 11.2. The molecule has 2 amide bonds. The summed E-state index contributed by atoms with van der Waals surface area (Å²) in [6.07, 6.45) is 1.63. The Morgan fingerprint density at radius 1 is 1.26 bits per heavy atom. The lowest BCUT2D eigenvalue weighted by Gasteiger charge is -2.16.